The number of halogens is 4. The molecule has 0 saturated carbocycles. The van der Waals surface area contributed by atoms with Crippen molar-refractivity contribution < 1.29 is 13.2 Å². The molecule has 2 nitrogen and oxygen atoms in total. The van der Waals surface area contributed by atoms with Gasteiger partial charge in [0, 0.05) is 19.2 Å². The van der Waals surface area contributed by atoms with Crippen LogP contribution in [-0.2, 0) is 7.05 Å². The van der Waals surface area contributed by atoms with E-state index in [1.807, 2.05) is 22.6 Å². The second-order valence-corrected chi connectivity index (χ2v) is 4.84. The molecule has 0 amide bonds. The van der Waals surface area contributed by atoms with Gasteiger partial charge in [-0.25, -0.2) is 13.2 Å². The maximum Gasteiger partial charge on any atom is 0.264 e. The van der Waals surface area contributed by atoms with E-state index in [-0.39, 0.29) is 11.3 Å². The summed E-state index contributed by atoms with van der Waals surface area (Å²) in [6, 6.07) is 4.05. The van der Waals surface area contributed by atoms with Gasteiger partial charge < -0.3 is 4.57 Å². The van der Waals surface area contributed by atoms with Gasteiger partial charge >= 0.3 is 0 Å². The van der Waals surface area contributed by atoms with E-state index in [9.17, 15) is 18.0 Å². The summed E-state index contributed by atoms with van der Waals surface area (Å²) in [5, 5.41) is 0. The molecule has 0 bridgehead atoms. The lowest BCUT2D eigenvalue weighted by molar-refractivity contribution is 0.546. The fourth-order valence-electron chi connectivity index (χ4n) is 1.64. The van der Waals surface area contributed by atoms with E-state index in [1.165, 1.54) is 19.2 Å². The third kappa shape index (κ3) is 2.16. The summed E-state index contributed by atoms with van der Waals surface area (Å²) < 4.78 is 41.6. The summed E-state index contributed by atoms with van der Waals surface area (Å²) in [7, 11) is 1.40. The molecule has 0 fully saturated rings. The Balaban J connectivity index is 2.78. The summed E-state index contributed by atoms with van der Waals surface area (Å²) in [5.74, 6) is -3.07. The highest BCUT2D eigenvalue weighted by molar-refractivity contribution is 14.1. The van der Waals surface area contributed by atoms with Crippen molar-refractivity contribution in [2.45, 2.75) is 0 Å². The fourth-order valence-corrected chi connectivity index (χ4v) is 2.18. The van der Waals surface area contributed by atoms with Crippen molar-refractivity contribution in [3.05, 3.63) is 55.6 Å². The lowest BCUT2D eigenvalue weighted by Gasteiger charge is -2.10. The third-order valence-corrected chi connectivity index (χ3v) is 3.34. The normalized spacial score (nSPS) is 10.7. The molecule has 0 spiro atoms. The van der Waals surface area contributed by atoms with Crippen LogP contribution in [0.3, 0.4) is 0 Å². The number of benzene rings is 1. The molecule has 0 N–H and O–H groups in total. The number of aromatic nitrogens is 1. The van der Waals surface area contributed by atoms with Crippen LogP contribution in [0.25, 0.3) is 11.3 Å². The zero-order valence-corrected chi connectivity index (χ0v) is 11.3. The van der Waals surface area contributed by atoms with Crippen LogP contribution in [0.15, 0.2) is 29.1 Å². The van der Waals surface area contributed by atoms with E-state index in [1.54, 1.807) is 0 Å². The molecule has 0 aliphatic carbocycles. The highest BCUT2D eigenvalue weighted by Crippen LogP contribution is 2.26. The van der Waals surface area contributed by atoms with Crippen molar-refractivity contribution in [3.8, 4) is 11.3 Å². The Morgan fingerprint density at radius 2 is 1.67 bits per heavy atom. The molecule has 1 aromatic heterocycles. The molecule has 1 aromatic carbocycles. The van der Waals surface area contributed by atoms with Crippen molar-refractivity contribution in [1.29, 1.82) is 0 Å². The van der Waals surface area contributed by atoms with Crippen LogP contribution in [0.5, 0.6) is 0 Å². The predicted molar refractivity (Wildman–Crippen MR) is 69.7 cm³/mol. The molecule has 1 heterocycles. The van der Waals surface area contributed by atoms with Crippen LogP contribution >= 0.6 is 22.6 Å². The lowest BCUT2D eigenvalue weighted by atomic mass is 10.1. The zero-order chi connectivity index (χ0) is 13.4. The van der Waals surface area contributed by atoms with Crippen molar-refractivity contribution in [2.24, 2.45) is 7.05 Å². The fraction of sp³-hybridized carbons (Fsp3) is 0.0833. The molecule has 18 heavy (non-hydrogen) atoms. The van der Waals surface area contributed by atoms with Gasteiger partial charge in [-0.15, -0.1) is 0 Å². The van der Waals surface area contributed by atoms with Crippen LogP contribution in [0.1, 0.15) is 0 Å². The Hall–Kier alpha value is -1.31. The molecule has 2 aromatic rings. The largest absolute Gasteiger partial charge is 0.310 e. The Kier molecular flexibility index (Phi) is 3.47. The third-order valence-electron chi connectivity index (χ3n) is 2.52. The molecule has 0 aliphatic rings. The van der Waals surface area contributed by atoms with Crippen LogP contribution < -0.4 is 5.56 Å². The first-order valence-corrected chi connectivity index (χ1v) is 6.00. The minimum atomic E-state index is -1.04. The molecule has 94 valence electrons. The zero-order valence-electron chi connectivity index (χ0n) is 9.18. The van der Waals surface area contributed by atoms with Crippen LogP contribution in [0.2, 0.25) is 0 Å². The van der Waals surface area contributed by atoms with Gasteiger partial charge in [0.1, 0.15) is 17.5 Å². The highest BCUT2D eigenvalue weighted by Gasteiger charge is 2.16. The second-order valence-electron chi connectivity index (χ2n) is 3.68. The van der Waals surface area contributed by atoms with Gasteiger partial charge in [0.2, 0.25) is 0 Å². The Morgan fingerprint density at radius 3 is 2.22 bits per heavy atom. The topological polar surface area (TPSA) is 22.0 Å². The van der Waals surface area contributed by atoms with E-state index in [0.717, 1.165) is 4.57 Å². The lowest BCUT2D eigenvalue weighted by Crippen LogP contribution is -2.21. The van der Waals surface area contributed by atoms with Gasteiger partial charge in [-0.05, 0) is 34.7 Å². The van der Waals surface area contributed by atoms with E-state index in [4.69, 9.17) is 0 Å². The van der Waals surface area contributed by atoms with Gasteiger partial charge in [0.15, 0.2) is 0 Å². The maximum absolute atomic E-state index is 13.6. The number of pyridine rings is 1. The second kappa shape index (κ2) is 4.75. The van der Waals surface area contributed by atoms with Crippen molar-refractivity contribution >= 4 is 22.6 Å². The molecule has 0 saturated heterocycles. The SMILES string of the molecule is Cn1c(-c2c(F)cc(F)cc2F)ccc(I)c1=O. The van der Waals surface area contributed by atoms with E-state index >= 15 is 0 Å². The minimum Gasteiger partial charge on any atom is -0.310 e. The van der Waals surface area contributed by atoms with Crippen molar-refractivity contribution in [3.63, 3.8) is 0 Å². The average Bonchev–Trinajstić information content (AvgIpc) is 2.28. The summed E-state index contributed by atoms with van der Waals surface area (Å²) >= 11 is 1.83. The number of hydrogen-bond donors (Lipinski definition) is 0. The first kappa shape index (κ1) is 13.1. The number of hydrogen-bond acceptors (Lipinski definition) is 1. The molecule has 0 radical (unpaired) electrons. The van der Waals surface area contributed by atoms with Gasteiger partial charge in [0.05, 0.1) is 14.8 Å². The summed E-state index contributed by atoms with van der Waals surface area (Å²) in [6.45, 7) is 0. The molecule has 0 atom stereocenters. The maximum atomic E-state index is 13.6. The van der Waals surface area contributed by atoms with Crippen LogP contribution in [0.4, 0.5) is 13.2 Å². The van der Waals surface area contributed by atoms with Crippen LogP contribution in [-0.4, -0.2) is 4.57 Å². The van der Waals surface area contributed by atoms with Crippen molar-refractivity contribution in [2.75, 3.05) is 0 Å². The monoisotopic (exact) mass is 365 g/mol. The number of nitrogens with zero attached hydrogens (tertiary/aromatic N) is 1. The first-order chi connectivity index (χ1) is 8.41. The quantitative estimate of drug-likeness (QED) is 0.713. The minimum absolute atomic E-state index is 0.0652. The molecule has 2 rings (SSSR count). The van der Waals surface area contributed by atoms with Gasteiger partial charge in [-0.1, -0.05) is 0 Å². The van der Waals surface area contributed by atoms with Gasteiger partial charge in [-0.2, -0.15) is 0 Å². The first-order valence-electron chi connectivity index (χ1n) is 4.92. The van der Waals surface area contributed by atoms with Crippen LogP contribution in [0, 0.1) is 21.0 Å². The van der Waals surface area contributed by atoms with E-state index in [0.29, 0.717) is 15.7 Å². The molecule has 0 unspecified atom stereocenters. The number of rotatable bonds is 1. The molecular formula is C12H7F3INO. The highest BCUT2D eigenvalue weighted by atomic mass is 127. The van der Waals surface area contributed by atoms with E-state index < -0.39 is 23.0 Å². The molecule has 6 heteroatoms. The average molecular weight is 365 g/mol. The molecule has 0 aliphatic heterocycles. The molecular weight excluding hydrogens is 358 g/mol. The summed E-state index contributed by atoms with van der Waals surface area (Å²) in [4.78, 5) is 11.7. The Morgan fingerprint density at radius 1 is 1.11 bits per heavy atom. The van der Waals surface area contributed by atoms with E-state index in [2.05, 4.69) is 0 Å². The van der Waals surface area contributed by atoms with Crippen molar-refractivity contribution in [1.82, 2.24) is 4.57 Å². The smallest absolute Gasteiger partial charge is 0.264 e. The predicted octanol–water partition coefficient (Wildman–Crippen LogP) is 3.07. The summed E-state index contributed by atoms with van der Waals surface area (Å²) in [6.07, 6.45) is 0. The Bertz CT molecular complexity index is 659. The van der Waals surface area contributed by atoms with Gasteiger partial charge in [0.25, 0.3) is 5.56 Å². The standard InChI is InChI=1S/C12H7F3INO/c1-17-10(3-2-9(16)12(17)18)11-7(14)4-6(13)5-8(11)15/h2-5H,1H3. The Labute approximate surface area is 114 Å². The van der Waals surface area contributed by atoms with Gasteiger partial charge in [-0.3, -0.25) is 4.79 Å². The summed E-state index contributed by atoms with van der Waals surface area (Å²) in [5.41, 5.74) is -0.709.